The van der Waals surface area contributed by atoms with Crippen molar-refractivity contribution in [2.24, 2.45) is 5.73 Å². The van der Waals surface area contributed by atoms with Crippen molar-refractivity contribution in [3.05, 3.63) is 0 Å². The van der Waals surface area contributed by atoms with Crippen LogP contribution in [0.2, 0.25) is 0 Å². The van der Waals surface area contributed by atoms with E-state index in [4.69, 9.17) is 5.73 Å². The molecule has 1 nitrogen and oxygen atoms in total. The molecule has 0 heterocycles. The summed E-state index contributed by atoms with van der Waals surface area (Å²) in [4.78, 5) is 0. The summed E-state index contributed by atoms with van der Waals surface area (Å²) in [7, 11) is 0. The van der Waals surface area contributed by atoms with Crippen LogP contribution >= 0.6 is 0 Å². The lowest BCUT2D eigenvalue weighted by Gasteiger charge is -2.12. The lowest BCUT2D eigenvalue weighted by atomic mass is 10.0. The largest absolute Gasteiger partial charge is 0.389 e. The van der Waals surface area contributed by atoms with E-state index in [1.54, 1.807) is 0 Å². The molecule has 0 aromatic carbocycles. The molecule has 1 unspecified atom stereocenters. The number of nitrogens with two attached hydrogens (primary N) is 1. The molecule has 2 N–H and O–H groups in total. The summed E-state index contributed by atoms with van der Waals surface area (Å²) in [6.07, 6.45) is 1.59. The van der Waals surface area contributed by atoms with Crippen molar-refractivity contribution < 1.29 is 13.2 Å². The van der Waals surface area contributed by atoms with E-state index in [1.807, 2.05) is 0 Å². The smallest absolute Gasteiger partial charge is 0.328 e. The maximum atomic E-state index is 11.8. The van der Waals surface area contributed by atoms with E-state index < -0.39 is 12.6 Å². The van der Waals surface area contributed by atoms with Crippen LogP contribution in [0.3, 0.4) is 0 Å². The van der Waals surface area contributed by atoms with Gasteiger partial charge in [0.25, 0.3) is 0 Å². The SMILES string of the molecule is CCCCCCCC(N)CCC(F)(F)F. The van der Waals surface area contributed by atoms with Gasteiger partial charge in [-0.3, -0.25) is 0 Å². The Labute approximate surface area is 90.2 Å². The van der Waals surface area contributed by atoms with Crippen molar-refractivity contribution in [3.8, 4) is 0 Å². The van der Waals surface area contributed by atoms with Gasteiger partial charge in [0.15, 0.2) is 0 Å². The molecule has 0 saturated heterocycles. The summed E-state index contributed by atoms with van der Waals surface area (Å²) in [6.45, 7) is 2.13. The zero-order valence-electron chi connectivity index (χ0n) is 9.45. The van der Waals surface area contributed by atoms with Gasteiger partial charge in [-0.15, -0.1) is 0 Å². The first-order valence-electron chi connectivity index (χ1n) is 5.78. The Kier molecular flexibility index (Phi) is 7.83. The van der Waals surface area contributed by atoms with Gasteiger partial charge in [-0.2, -0.15) is 13.2 Å². The molecule has 0 amide bonds. The van der Waals surface area contributed by atoms with E-state index in [0.29, 0.717) is 0 Å². The van der Waals surface area contributed by atoms with Crippen molar-refractivity contribution in [2.75, 3.05) is 0 Å². The maximum Gasteiger partial charge on any atom is 0.389 e. The summed E-state index contributed by atoms with van der Waals surface area (Å²) >= 11 is 0. The van der Waals surface area contributed by atoms with Crippen molar-refractivity contribution in [2.45, 2.75) is 70.5 Å². The second-order valence-corrected chi connectivity index (χ2v) is 4.12. The molecule has 0 aliphatic heterocycles. The molecule has 0 fully saturated rings. The fraction of sp³-hybridized carbons (Fsp3) is 1.00. The lowest BCUT2D eigenvalue weighted by Crippen LogP contribution is -2.22. The normalized spacial score (nSPS) is 14.2. The average Bonchev–Trinajstić information content (AvgIpc) is 2.13. The Morgan fingerprint density at radius 3 is 2.13 bits per heavy atom. The minimum absolute atomic E-state index is 0.0667. The number of rotatable bonds is 8. The summed E-state index contributed by atoms with van der Waals surface area (Å²) in [5.74, 6) is 0. The van der Waals surface area contributed by atoms with E-state index in [2.05, 4.69) is 6.92 Å². The highest BCUT2D eigenvalue weighted by atomic mass is 19.4. The third kappa shape index (κ3) is 11.7. The first-order valence-corrected chi connectivity index (χ1v) is 5.78. The number of hydrogen-bond acceptors (Lipinski definition) is 1. The molecule has 1 atom stereocenters. The second kappa shape index (κ2) is 7.97. The fourth-order valence-corrected chi connectivity index (χ4v) is 1.50. The van der Waals surface area contributed by atoms with Gasteiger partial charge in [0.1, 0.15) is 0 Å². The average molecular weight is 225 g/mol. The molecular weight excluding hydrogens is 203 g/mol. The van der Waals surface area contributed by atoms with Crippen LogP contribution in [0.25, 0.3) is 0 Å². The number of unbranched alkanes of at least 4 members (excludes halogenated alkanes) is 4. The van der Waals surface area contributed by atoms with Gasteiger partial charge in [-0.25, -0.2) is 0 Å². The van der Waals surface area contributed by atoms with Crippen molar-refractivity contribution in [1.82, 2.24) is 0 Å². The summed E-state index contributed by atoms with van der Waals surface area (Å²) in [5.41, 5.74) is 5.60. The molecule has 0 aliphatic rings. The molecular formula is C11H22F3N. The van der Waals surface area contributed by atoms with Gasteiger partial charge in [0, 0.05) is 12.5 Å². The Bertz CT molecular complexity index is 145. The molecule has 0 radical (unpaired) electrons. The number of hydrogen-bond donors (Lipinski definition) is 1. The standard InChI is InChI=1S/C11H22F3N/c1-2-3-4-5-6-7-10(15)8-9-11(12,13)14/h10H,2-9,15H2,1H3. The molecule has 0 aromatic heterocycles. The van der Waals surface area contributed by atoms with Gasteiger partial charge in [0.2, 0.25) is 0 Å². The molecule has 0 spiro atoms. The van der Waals surface area contributed by atoms with Crippen LogP contribution in [0.5, 0.6) is 0 Å². The quantitative estimate of drug-likeness (QED) is 0.620. The highest BCUT2D eigenvalue weighted by Gasteiger charge is 2.27. The number of halogens is 3. The Balaban J connectivity index is 3.30. The molecule has 92 valence electrons. The third-order valence-electron chi connectivity index (χ3n) is 2.48. The molecule has 0 rings (SSSR count). The van der Waals surface area contributed by atoms with Crippen LogP contribution in [-0.2, 0) is 0 Å². The summed E-state index contributed by atoms with van der Waals surface area (Å²) < 4.78 is 35.5. The second-order valence-electron chi connectivity index (χ2n) is 4.12. The van der Waals surface area contributed by atoms with Crippen molar-refractivity contribution in [1.29, 1.82) is 0 Å². The topological polar surface area (TPSA) is 26.0 Å². The van der Waals surface area contributed by atoms with Gasteiger partial charge in [0.05, 0.1) is 0 Å². The predicted molar refractivity (Wildman–Crippen MR) is 56.6 cm³/mol. The van der Waals surface area contributed by atoms with Crippen molar-refractivity contribution in [3.63, 3.8) is 0 Å². The third-order valence-corrected chi connectivity index (χ3v) is 2.48. The molecule has 0 bridgehead atoms. The zero-order chi connectivity index (χ0) is 11.7. The fourth-order valence-electron chi connectivity index (χ4n) is 1.50. The Hall–Kier alpha value is -0.250. The van der Waals surface area contributed by atoms with Crippen LogP contribution in [0.15, 0.2) is 0 Å². The molecule has 0 aromatic rings. The van der Waals surface area contributed by atoms with E-state index in [9.17, 15) is 13.2 Å². The van der Waals surface area contributed by atoms with Crippen molar-refractivity contribution >= 4 is 0 Å². The molecule has 15 heavy (non-hydrogen) atoms. The van der Waals surface area contributed by atoms with Crippen LogP contribution < -0.4 is 5.73 Å². The van der Waals surface area contributed by atoms with Gasteiger partial charge in [-0.05, 0) is 12.8 Å². The van der Waals surface area contributed by atoms with E-state index in [0.717, 1.165) is 19.3 Å². The molecule has 0 saturated carbocycles. The van der Waals surface area contributed by atoms with Crippen LogP contribution in [0, 0.1) is 0 Å². The van der Waals surface area contributed by atoms with Crippen LogP contribution in [0.4, 0.5) is 13.2 Å². The predicted octanol–water partition coefficient (Wildman–Crippen LogP) is 4.02. The van der Waals surface area contributed by atoms with Crippen LogP contribution in [-0.4, -0.2) is 12.2 Å². The minimum Gasteiger partial charge on any atom is -0.328 e. The molecule has 0 aliphatic carbocycles. The monoisotopic (exact) mass is 225 g/mol. The van der Waals surface area contributed by atoms with Gasteiger partial charge >= 0.3 is 6.18 Å². The Morgan fingerprint density at radius 1 is 1.00 bits per heavy atom. The molecule has 4 heteroatoms. The minimum atomic E-state index is -4.06. The highest BCUT2D eigenvalue weighted by Crippen LogP contribution is 2.22. The maximum absolute atomic E-state index is 11.8. The number of alkyl halides is 3. The van der Waals surface area contributed by atoms with Gasteiger partial charge < -0.3 is 5.73 Å². The summed E-state index contributed by atoms with van der Waals surface area (Å²) in [5, 5.41) is 0. The lowest BCUT2D eigenvalue weighted by molar-refractivity contribution is -0.136. The Morgan fingerprint density at radius 2 is 1.60 bits per heavy atom. The zero-order valence-corrected chi connectivity index (χ0v) is 9.45. The van der Waals surface area contributed by atoms with E-state index in [1.165, 1.54) is 19.3 Å². The highest BCUT2D eigenvalue weighted by molar-refractivity contribution is 4.64. The van der Waals surface area contributed by atoms with E-state index in [-0.39, 0.29) is 12.5 Å². The van der Waals surface area contributed by atoms with E-state index >= 15 is 0 Å². The first-order chi connectivity index (χ1) is 6.95. The first kappa shape index (κ1) is 14.8. The van der Waals surface area contributed by atoms with Crippen LogP contribution in [0.1, 0.15) is 58.3 Å². The summed E-state index contributed by atoms with van der Waals surface area (Å²) in [6, 6.07) is -0.284. The van der Waals surface area contributed by atoms with Gasteiger partial charge in [-0.1, -0.05) is 39.0 Å².